The Morgan fingerprint density at radius 1 is 1.24 bits per heavy atom. The van der Waals surface area contributed by atoms with Gasteiger partial charge in [-0.05, 0) is 30.5 Å². The molecule has 1 aromatic rings. The average molecular weight is 294 g/mol. The zero-order chi connectivity index (χ0) is 15.7. The Morgan fingerprint density at radius 2 is 2.00 bits per heavy atom. The summed E-state index contributed by atoms with van der Waals surface area (Å²) in [5.41, 5.74) is 1.78. The van der Waals surface area contributed by atoms with Gasteiger partial charge in [-0.2, -0.15) is 0 Å². The highest BCUT2D eigenvalue weighted by Crippen LogP contribution is 2.12. The van der Waals surface area contributed by atoms with Crippen molar-refractivity contribution in [2.45, 2.75) is 33.4 Å². The van der Waals surface area contributed by atoms with Crippen LogP contribution in [-0.4, -0.2) is 32.4 Å². The van der Waals surface area contributed by atoms with Crippen molar-refractivity contribution in [3.63, 3.8) is 0 Å². The maximum absolute atomic E-state index is 11.9. The minimum absolute atomic E-state index is 0.130. The first-order valence-electron chi connectivity index (χ1n) is 7.26. The second-order valence-corrected chi connectivity index (χ2v) is 5.38. The molecule has 1 aromatic carbocycles. The number of nitrogens with one attached hydrogen (secondary N) is 2. The molecule has 2 N–H and O–H groups in total. The molecule has 0 bridgehead atoms. The Labute approximate surface area is 127 Å². The lowest BCUT2D eigenvalue weighted by molar-refractivity contribution is 0.0617. The second-order valence-electron chi connectivity index (χ2n) is 5.38. The molecular weight excluding hydrogens is 268 g/mol. The van der Waals surface area contributed by atoms with Crippen LogP contribution in [0, 0.1) is 5.92 Å². The Balaban J connectivity index is 2.46. The standard InChI is InChI=1S/C16H26N2O3/c1-12(2)13(3)17-16(19)18-15-7-5-6-14(10-15)11-21-9-8-20-4/h5-7,10,12-13H,8-9,11H2,1-4H3,(H2,17,18,19)/t13-/m0/s1. The number of carbonyl (C=O) groups is 1. The lowest BCUT2D eigenvalue weighted by Gasteiger charge is -2.18. The maximum atomic E-state index is 11.9. The summed E-state index contributed by atoms with van der Waals surface area (Å²) < 4.78 is 10.4. The minimum Gasteiger partial charge on any atom is -0.382 e. The first-order valence-corrected chi connectivity index (χ1v) is 7.26. The molecule has 0 spiro atoms. The lowest BCUT2D eigenvalue weighted by atomic mass is 10.1. The summed E-state index contributed by atoms with van der Waals surface area (Å²) in [5, 5.41) is 5.75. The Bertz CT molecular complexity index is 435. The summed E-state index contributed by atoms with van der Waals surface area (Å²) in [6.45, 7) is 7.77. The van der Waals surface area contributed by atoms with Crippen molar-refractivity contribution < 1.29 is 14.3 Å². The normalized spacial score (nSPS) is 12.2. The summed E-state index contributed by atoms with van der Waals surface area (Å²) in [4.78, 5) is 11.9. The molecule has 0 aromatic heterocycles. The van der Waals surface area contributed by atoms with Crippen LogP contribution in [-0.2, 0) is 16.1 Å². The summed E-state index contributed by atoms with van der Waals surface area (Å²) in [5.74, 6) is 0.399. The van der Waals surface area contributed by atoms with E-state index in [-0.39, 0.29) is 12.1 Å². The van der Waals surface area contributed by atoms with Gasteiger partial charge in [-0.3, -0.25) is 0 Å². The summed E-state index contributed by atoms with van der Waals surface area (Å²) >= 11 is 0. The van der Waals surface area contributed by atoms with Gasteiger partial charge in [0.1, 0.15) is 0 Å². The van der Waals surface area contributed by atoms with E-state index in [0.29, 0.717) is 25.7 Å². The number of methoxy groups -OCH3 is 1. The van der Waals surface area contributed by atoms with Gasteiger partial charge in [0.25, 0.3) is 0 Å². The van der Waals surface area contributed by atoms with Crippen molar-refractivity contribution in [3.8, 4) is 0 Å². The number of amides is 2. The van der Waals surface area contributed by atoms with Crippen LogP contribution in [0.3, 0.4) is 0 Å². The molecule has 0 saturated heterocycles. The van der Waals surface area contributed by atoms with Gasteiger partial charge in [0.15, 0.2) is 0 Å². The van der Waals surface area contributed by atoms with Gasteiger partial charge in [-0.1, -0.05) is 26.0 Å². The van der Waals surface area contributed by atoms with Crippen LogP contribution in [0.1, 0.15) is 26.3 Å². The largest absolute Gasteiger partial charge is 0.382 e. The van der Waals surface area contributed by atoms with Crippen molar-refractivity contribution in [2.75, 3.05) is 25.6 Å². The lowest BCUT2D eigenvalue weighted by Crippen LogP contribution is -2.39. The minimum atomic E-state index is -0.186. The van der Waals surface area contributed by atoms with Crippen molar-refractivity contribution in [3.05, 3.63) is 29.8 Å². The molecule has 1 atom stereocenters. The maximum Gasteiger partial charge on any atom is 0.319 e. The summed E-state index contributed by atoms with van der Waals surface area (Å²) in [7, 11) is 1.64. The van der Waals surface area contributed by atoms with E-state index in [9.17, 15) is 4.79 Å². The number of benzene rings is 1. The summed E-state index contributed by atoms with van der Waals surface area (Å²) in [6.07, 6.45) is 0. The molecule has 1 rings (SSSR count). The molecule has 0 aliphatic carbocycles. The quantitative estimate of drug-likeness (QED) is 0.725. The first kappa shape index (κ1) is 17.5. The number of ether oxygens (including phenoxy) is 2. The highest BCUT2D eigenvalue weighted by molar-refractivity contribution is 5.89. The molecular formula is C16H26N2O3. The Hall–Kier alpha value is -1.59. The predicted molar refractivity (Wildman–Crippen MR) is 84.4 cm³/mol. The van der Waals surface area contributed by atoms with Crippen LogP contribution in [0.15, 0.2) is 24.3 Å². The van der Waals surface area contributed by atoms with Crippen molar-refractivity contribution in [1.29, 1.82) is 0 Å². The zero-order valence-corrected chi connectivity index (χ0v) is 13.3. The highest BCUT2D eigenvalue weighted by Gasteiger charge is 2.10. The molecule has 21 heavy (non-hydrogen) atoms. The van der Waals surface area contributed by atoms with E-state index >= 15 is 0 Å². The first-order chi connectivity index (χ1) is 10.0. The van der Waals surface area contributed by atoms with E-state index in [0.717, 1.165) is 11.3 Å². The van der Waals surface area contributed by atoms with E-state index in [1.54, 1.807) is 7.11 Å². The molecule has 0 heterocycles. The van der Waals surface area contributed by atoms with E-state index in [1.807, 2.05) is 31.2 Å². The van der Waals surface area contributed by atoms with E-state index < -0.39 is 0 Å². The van der Waals surface area contributed by atoms with Crippen LogP contribution >= 0.6 is 0 Å². The number of anilines is 1. The fraction of sp³-hybridized carbons (Fsp3) is 0.562. The van der Waals surface area contributed by atoms with Gasteiger partial charge in [0.2, 0.25) is 0 Å². The smallest absolute Gasteiger partial charge is 0.319 e. The Kier molecular flexibility index (Phi) is 7.79. The molecule has 0 aliphatic heterocycles. The number of urea groups is 1. The molecule has 5 nitrogen and oxygen atoms in total. The van der Waals surface area contributed by atoms with Crippen LogP contribution in [0.5, 0.6) is 0 Å². The van der Waals surface area contributed by atoms with Gasteiger partial charge >= 0.3 is 6.03 Å². The molecule has 0 unspecified atom stereocenters. The van der Waals surface area contributed by atoms with Gasteiger partial charge < -0.3 is 20.1 Å². The van der Waals surface area contributed by atoms with Crippen LogP contribution in [0.2, 0.25) is 0 Å². The molecule has 2 amide bonds. The third-order valence-electron chi connectivity index (χ3n) is 3.24. The predicted octanol–water partition coefficient (Wildman–Crippen LogP) is 3.02. The fourth-order valence-corrected chi connectivity index (χ4v) is 1.61. The van der Waals surface area contributed by atoms with E-state index in [4.69, 9.17) is 9.47 Å². The fourth-order valence-electron chi connectivity index (χ4n) is 1.61. The molecule has 0 aliphatic rings. The van der Waals surface area contributed by atoms with Gasteiger partial charge in [0.05, 0.1) is 19.8 Å². The molecule has 5 heteroatoms. The second kappa shape index (κ2) is 9.37. The number of rotatable bonds is 8. The number of hydrogen-bond acceptors (Lipinski definition) is 3. The summed E-state index contributed by atoms with van der Waals surface area (Å²) in [6, 6.07) is 7.58. The average Bonchev–Trinajstić information content (AvgIpc) is 2.43. The van der Waals surface area contributed by atoms with Gasteiger partial charge in [-0.25, -0.2) is 4.79 Å². The third-order valence-corrected chi connectivity index (χ3v) is 3.24. The third kappa shape index (κ3) is 7.11. The Morgan fingerprint density at radius 3 is 2.67 bits per heavy atom. The number of carbonyl (C=O) groups excluding carboxylic acids is 1. The molecule has 0 fully saturated rings. The van der Waals surface area contributed by atoms with E-state index in [1.165, 1.54) is 0 Å². The van der Waals surface area contributed by atoms with Crippen molar-refractivity contribution in [2.24, 2.45) is 5.92 Å². The van der Waals surface area contributed by atoms with Crippen LogP contribution < -0.4 is 10.6 Å². The van der Waals surface area contributed by atoms with Gasteiger partial charge in [-0.15, -0.1) is 0 Å². The zero-order valence-electron chi connectivity index (χ0n) is 13.3. The molecule has 0 saturated carbocycles. The van der Waals surface area contributed by atoms with Crippen molar-refractivity contribution in [1.82, 2.24) is 5.32 Å². The molecule has 118 valence electrons. The molecule has 0 radical (unpaired) electrons. The topological polar surface area (TPSA) is 59.6 Å². The highest BCUT2D eigenvalue weighted by atomic mass is 16.5. The number of hydrogen-bond donors (Lipinski definition) is 2. The van der Waals surface area contributed by atoms with E-state index in [2.05, 4.69) is 24.5 Å². The van der Waals surface area contributed by atoms with Gasteiger partial charge in [0, 0.05) is 18.8 Å². The van der Waals surface area contributed by atoms with Crippen molar-refractivity contribution >= 4 is 11.7 Å². The van der Waals surface area contributed by atoms with Crippen LogP contribution in [0.25, 0.3) is 0 Å². The monoisotopic (exact) mass is 294 g/mol. The van der Waals surface area contributed by atoms with Crippen LogP contribution in [0.4, 0.5) is 10.5 Å². The SMILES string of the molecule is COCCOCc1cccc(NC(=O)N[C@@H](C)C(C)C)c1.